The second-order valence-electron chi connectivity index (χ2n) is 4.95. The summed E-state index contributed by atoms with van der Waals surface area (Å²) in [5, 5.41) is 19.0. The Kier molecular flexibility index (Phi) is 3.07. The van der Waals surface area contributed by atoms with Crippen molar-refractivity contribution < 1.29 is 24.5 Å². The van der Waals surface area contributed by atoms with Crippen LogP contribution in [0.2, 0.25) is 0 Å². The van der Waals surface area contributed by atoms with Crippen molar-refractivity contribution in [2.45, 2.75) is 20.3 Å². The molecule has 5 heteroatoms. The van der Waals surface area contributed by atoms with Crippen LogP contribution in [0.15, 0.2) is 12.1 Å². The van der Waals surface area contributed by atoms with Gasteiger partial charge in [-0.1, -0.05) is 0 Å². The molecule has 5 nitrogen and oxygen atoms in total. The van der Waals surface area contributed by atoms with Crippen molar-refractivity contribution in [3.8, 4) is 17.2 Å². The van der Waals surface area contributed by atoms with Gasteiger partial charge in [0, 0.05) is 5.56 Å². The van der Waals surface area contributed by atoms with Crippen LogP contribution in [0.25, 0.3) is 0 Å². The molecule has 1 aromatic rings. The highest BCUT2D eigenvalue weighted by atomic mass is 16.6. The van der Waals surface area contributed by atoms with E-state index in [2.05, 4.69) is 0 Å². The molecule has 2 N–H and O–H groups in total. The average Bonchev–Trinajstić information content (AvgIpc) is 2.32. The van der Waals surface area contributed by atoms with Gasteiger partial charge in [0.15, 0.2) is 11.5 Å². The summed E-state index contributed by atoms with van der Waals surface area (Å²) in [6, 6.07) is 3.13. The summed E-state index contributed by atoms with van der Waals surface area (Å²) in [6.07, 6.45) is 0.181. The molecule has 0 saturated carbocycles. The third-order valence-electron chi connectivity index (χ3n) is 2.98. The smallest absolute Gasteiger partial charge is 0.309 e. The van der Waals surface area contributed by atoms with Gasteiger partial charge in [-0.05, 0) is 32.4 Å². The van der Waals surface area contributed by atoms with Crippen LogP contribution in [0.3, 0.4) is 0 Å². The summed E-state index contributed by atoms with van der Waals surface area (Å²) < 4.78 is 10.9. The molecule has 1 heterocycles. The molecule has 1 aromatic carbocycles. The van der Waals surface area contributed by atoms with Gasteiger partial charge in [0.25, 0.3) is 0 Å². The first-order valence-corrected chi connectivity index (χ1v) is 5.75. The van der Waals surface area contributed by atoms with Crippen LogP contribution in [0.1, 0.15) is 19.4 Å². The number of carboxylic acid groups (broad SMARTS) is 1. The van der Waals surface area contributed by atoms with E-state index in [-0.39, 0.29) is 12.2 Å². The highest BCUT2D eigenvalue weighted by Gasteiger charge is 2.31. The fraction of sp³-hybridized carbons (Fsp3) is 0.462. The topological polar surface area (TPSA) is 76.0 Å². The molecule has 0 bridgehead atoms. The first kappa shape index (κ1) is 12.5. The van der Waals surface area contributed by atoms with Crippen molar-refractivity contribution in [2.75, 3.05) is 13.2 Å². The molecule has 1 aliphatic rings. The lowest BCUT2D eigenvalue weighted by Gasteiger charge is -2.25. The van der Waals surface area contributed by atoms with E-state index in [9.17, 15) is 9.90 Å². The van der Waals surface area contributed by atoms with E-state index in [1.54, 1.807) is 19.9 Å². The summed E-state index contributed by atoms with van der Waals surface area (Å²) in [6.45, 7) is 4.08. The Morgan fingerprint density at radius 2 is 2.00 bits per heavy atom. The van der Waals surface area contributed by atoms with Gasteiger partial charge in [0.1, 0.15) is 19.0 Å². The Balaban J connectivity index is 2.41. The minimum absolute atomic E-state index is 0.0357. The SMILES string of the molecule is CC(C)(Cc1c(O)ccc2c1OCCO2)C(=O)O. The van der Waals surface area contributed by atoms with Gasteiger partial charge in [-0.2, -0.15) is 0 Å². The number of fused-ring (bicyclic) bond motifs is 1. The first-order chi connectivity index (χ1) is 8.42. The van der Waals surface area contributed by atoms with Gasteiger partial charge in [-0.3, -0.25) is 4.79 Å². The van der Waals surface area contributed by atoms with Crippen molar-refractivity contribution in [3.05, 3.63) is 17.7 Å². The van der Waals surface area contributed by atoms with E-state index in [1.807, 2.05) is 0 Å². The summed E-state index contributed by atoms with van der Waals surface area (Å²) in [7, 11) is 0. The predicted octanol–water partition coefficient (Wildman–Crippen LogP) is 1.82. The Morgan fingerprint density at radius 1 is 1.33 bits per heavy atom. The molecule has 1 aliphatic heterocycles. The van der Waals surface area contributed by atoms with E-state index in [1.165, 1.54) is 6.07 Å². The molecule has 98 valence electrons. The van der Waals surface area contributed by atoms with E-state index >= 15 is 0 Å². The Morgan fingerprint density at radius 3 is 2.67 bits per heavy atom. The summed E-state index contributed by atoms with van der Waals surface area (Å²) >= 11 is 0. The quantitative estimate of drug-likeness (QED) is 0.858. The average molecular weight is 252 g/mol. The van der Waals surface area contributed by atoms with Crippen LogP contribution in [-0.4, -0.2) is 29.4 Å². The maximum Gasteiger partial charge on any atom is 0.309 e. The number of phenols is 1. The second-order valence-corrected chi connectivity index (χ2v) is 4.95. The molecule has 0 aliphatic carbocycles. The van der Waals surface area contributed by atoms with Crippen LogP contribution in [0, 0.1) is 5.41 Å². The van der Waals surface area contributed by atoms with Gasteiger partial charge in [-0.25, -0.2) is 0 Å². The monoisotopic (exact) mass is 252 g/mol. The number of hydrogen-bond donors (Lipinski definition) is 2. The van der Waals surface area contributed by atoms with Gasteiger partial charge in [0.2, 0.25) is 0 Å². The fourth-order valence-corrected chi connectivity index (χ4v) is 1.85. The van der Waals surface area contributed by atoms with E-state index in [4.69, 9.17) is 14.6 Å². The minimum Gasteiger partial charge on any atom is -0.508 e. The van der Waals surface area contributed by atoms with Gasteiger partial charge < -0.3 is 19.7 Å². The maximum absolute atomic E-state index is 11.2. The van der Waals surface area contributed by atoms with Crippen molar-refractivity contribution in [1.82, 2.24) is 0 Å². The van der Waals surface area contributed by atoms with Crippen molar-refractivity contribution in [3.63, 3.8) is 0 Å². The van der Waals surface area contributed by atoms with Crippen LogP contribution in [0.5, 0.6) is 17.2 Å². The molecule has 0 unspecified atom stereocenters. The molecule has 0 spiro atoms. The number of rotatable bonds is 3. The molecule has 0 aromatic heterocycles. The zero-order valence-corrected chi connectivity index (χ0v) is 10.4. The third-order valence-corrected chi connectivity index (χ3v) is 2.98. The number of benzene rings is 1. The van der Waals surface area contributed by atoms with Gasteiger partial charge in [-0.15, -0.1) is 0 Å². The summed E-state index contributed by atoms with van der Waals surface area (Å²) in [4.78, 5) is 11.2. The van der Waals surface area contributed by atoms with Crippen molar-refractivity contribution >= 4 is 5.97 Å². The normalized spacial score (nSPS) is 14.3. The number of carbonyl (C=O) groups is 1. The number of ether oxygens (including phenoxy) is 2. The molecule has 0 saturated heterocycles. The lowest BCUT2D eigenvalue weighted by atomic mass is 9.85. The number of hydrogen-bond acceptors (Lipinski definition) is 4. The third kappa shape index (κ3) is 2.20. The highest BCUT2D eigenvalue weighted by Crippen LogP contribution is 2.41. The highest BCUT2D eigenvalue weighted by molar-refractivity contribution is 5.74. The van der Waals surface area contributed by atoms with Crippen LogP contribution < -0.4 is 9.47 Å². The first-order valence-electron chi connectivity index (χ1n) is 5.75. The molecule has 0 atom stereocenters. The van der Waals surface area contributed by atoms with E-state index in [0.29, 0.717) is 30.3 Å². The standard InChI is InChI=1S/C13H16O5/c1-13(2,12(15)16)7-8-9(14)3-4-10-11(8)18-6-5-17-10/h3-4,14H,5-7H2,1-2H3,(H,15,16). The molecule has 0 fully saturated rings. The second kappa shape index (κ2) is 4.40. The van der Waals surface area contributed by atoms with Crippen LogP contribution >= 0.6 is 0 Å². The molecular formula is C13H16O5. The number of phenolic OH excluding ortho intramolecular Hbond substituents is 1. The predicted molar refractivity (Wildman–Crippen MR) is 64.2 cm³/mol. The Labute approximate surface area is 105 Å². The van der Waals surface area contributed by atoms with Gasteiger partial charge >= 0.3 is 5.97 Å². The maximum atomic E-state index is 11.2. The molecular weight excluding hydrogens is 236 g/mol. The van der Waals surface area contributed by atoms with Gasteiger partial charge in [0.05, 0.1) is 5.41 Å². The molecule has 2 rings (SSSR count). The van der Waals surface area contributed by atoms with E-state index in [0.717, 1.165) is 0 Å². The summed E-state index contributed by atoms with van der Waals surface area (Å²) in [5.74, 6) is 0.121. The fourth-order valence-electron chi connectivity index (χ4n) is 1.85. The van der Waals surface area contributed by atoms with Crippen molar-refractivity contribution in [2.24, 2.45) is 5.41 Å². The van der Waals surface area contributed by atoms with Crippen LogP contribution in [-0.2, 0) is 11.2 Å². The Hall–Kier alpha value is -1.91. The largest absolute Gasteiger partial charge is 0.508 e. The lowest BCUT2D eigenvalue weighted by Crippen LogP contribution is -2.27. The van der Waals surface area contributed by atoms with Crippen molar-refractivity contribution in [1.29, 1.82) is 0 Å². The lowest BCUT2D eigenvalue weighted by molar-refractivity contribution is -0.146. The molecule has 0 amide bonds. The van der Waals surface area contributed by atoms with E-state index < -0.39 is 11.4 Å². The summed E-state index contributed by atoms with van der Waals surface area (Å²) in [5.41, 5.74) is -0.493. The number of aromatic hydroxyl groups is 1. The number of carboxylic acids is 1. The molecule has 18 heavy (non-hydrogen) atoms. The number of aliphatic carboxylic acids is 1. The Bertz CT molecular complexity index is 479. The van der Waals surface area contributed by atoms with Crippen LogP contribution in [0.4, 0.5) is 0 Å². The zero-order chi connectivity index (χ0) is 13.3. The molecule has 0 radical (unpaired) electrons. The zero-order valence-electron chi connectivity index (χ0n) is 10.4. The minimum atomic E-state index is -0.979.